The highest BCUT2D eigenvalue weighted by Crippen LogP contribution is 2.16. The van der Waals surface area contributed by atoms with E-state index in [9.17, 15) is 4.79 Å². The first-order valence-corrected chi connectivity index (χ1v) is 7.76. The molecule has 0 aromatic rings. The molecule has 114 valence electrons. The van der Waals surface area contributed by atoms with Gasteiger partial charge in [-0.1, -0.05) is 18.6 Å². The molecule has 1 saturated heterocycles. The third-order valence-corrected chi connectivity index (χ3v) is 4.08. The van der Waals surface area contributed by atoms with Crippen LogP contribution in [-0.4, -0.2) is 54.4 Å². The topological polar surface area (TPSA) is 64.6 Å². The molecule has 0 aromatic carbocycles. The number of aliphatic hydroxyl groups is 1. The van der Waals surface area contributed by atoms with E-state index in [0.29, 0.717) is 0 Å². The van der Waals surface area contributed by atoms with Gasteiger partial charge in [-0.3, -0.25) is 0 Å². The van der Waals surface area contributed by atoms with Gasteiger partial charge in [0.25, 0.3) is 0 Å². The second-order valence-corrected chi connectivity index (χ2v) is 6.05. The van der Waals surface area contributed by atoms with Crippen LogP contribution in [0.1, 0.15) is 32.6 Å². The molecule has 1 aliphatic carbocycles. The van der Waals surface area contributed by atoms with Crippen LogP contribution in [0.25, 0.3) is 0 Å². The zero-order valence-corrected chi connectivity index (χ0v) is 12.3. The van der Waals surface area contributed by atoms with Crippen LogP contribution in [0.15, 0.2) is 12.2 Å². The molecule has 1 heterocycles. The first kappa shape index (κ1) is 15.3. The number of nitrogens with one attached hydrogen (secondary N) is 2. The number of amides is 2. The van der Waals surface area contributed by atoms with E-state index in [1.165, 1.54) is 19.3 Å². The van der Waals surface area contributed by atoms with Crippen molar-refractivity contribution >= 4 is 6.03 Å². The Hall–Kier alpha value is -1.07. The number of likely N-dealkylation sites (tertiary alicyclic amines) is 1. The summed E-state index contributed by atoms with van der Waals surface area (Å²) in [5.41, 5.74) is 0. The zero-order valence-electron chi connectivity index (χ0n) is 12.3. The lowest BCUT2D eigenvalue weighted by Crippen LogP contribution is -2.49. The van der Waals surface area contributed by atoms with Gasteiger partial charge in [-0.05, 0) is 39.3 Å². The van der Waals surface area contributed by atoms with Gasteiger partial charge in [0.2, 0.25) is 0 Å². The number of rotatable bonds is 5. The van der Waals surface area contributed by atoms with E-state index in [0.717, 1.165) is 26.1 Å². The molecule has 1 unspecified atom stereocenters. The average molecular weight is 281 g/mol. The van der Waals surface area contributed by atoms with Gasteiger partial charge in [0.15, 0.2) is 0 Å². The number of hydrogen-bond donors (Lipinski definition) is 3. The number of carbonyl (C=O) groups is 1. The average Bonchev–Trinajstić information content (AvgIpc) is 2.87. The Labute approximate surface area is 121 Å². The van der Waals surface area contributed by atoms with Crippen molar-refractivity contribution in [3.05, 3.63) is 12.2 Å². The van der Waals surface area contributed by atoms with Crippen LogP contribution in [0.4, 0.5) is 4.79 Å². The van der Waals surface area contributed by atoms with E-state index in [2.05, 4.69) is 22.5 Å². The summed E-state index contributed by atoms with van der Waals surface area (Å²) in [6.45, 7) is 5.43. The highest BCUT2D eigenvalue weighted by atomic mass is 16.3. The number of urea groups is 1. The van der Waals surface area contributed by atoms with E-state index in [4.69, 9.17) is 5.11 Å². The maximum absolute atomic E-state index is 11.9. The second-order valence-electron chi connectivity index (χ2n) is 6.05. The van der Waals surface area contributed by atoms with Gasteiger partial charge in [0, 0.05) is 31.2 Å². The molecule has 3 N–H and O–H groups in total. The highest BCUT2D eigenvalue weighted by molar-refractivity contribution is 5.74. The third-order valence-electron chi connectivity index (χ3n) is 4.08. The first-order valence-electron chi connectivity index (χ1n) is 7.76. The fraction of sp³-hybridized carbons (Fsp3) is 0.800. The maximum atomic E-state index is 11.9. The maximum Gasteiger partial charge on any atom is 0.315 e. The number of aliphatic hydroxyl groups excluding tert-OH is 1. The normalized spacial score (nSPS) is 28.3. The summed E-state index contributed by atoms with van der Waals surface area (Å²) in [6.07, 6.45) is 8.61. The smallest absolute Gasteiger partial charge is 0.315 e. The molecule has 0 aromatic heterocycles. The van der Waals surface area contributed by atoms with Crippen LogP contribution in [0, 0.1) is 5.92 Å². The summed E-state index contributed by atoms with van der Waals surface area (Å²) < 4.78 is 0. The van der Waals surface area contributed by atoms with Gasteiger partial charge < -0.3 is 20.6 Å². The fourth-order valence-corrected chi connectivity index (χ4v) is 3.03. The highest BCUT2D eigenvalue weighted by Gasteiger charge is 2.21. The van der Waals surface area contributed by atoms with E-state index in [-0.39, 0.29) is 30.6 Å². The Morgan fingerprint density at radius 2 is 2.10 bits per heavy atom. The molecule has 2 amide bonds. The predicted molar refractivity (Wildman–Crippen MR) is 79.5 cm³/mol. The van der Waals surface area contributed by atoms with Crippen LogP contribution in [-0.2, 0) is 0 Å². The quantitative estimate of drug-likeness (QED) is 0.661. The van der Waals surface area contributed by atoms with Crippen LogP contribution < -0.4 is 10.6 Å². The Morgan fingerprint density at radius 1 is 1.35 bits per heavy atom. The van der Waals surface area contributed by atoms with E-state index in [1.807, 2.05) is 12.2 Å². The van der Waals surface area contributed by atoms with Crippen molar-refractivity contribution in [1.82, 2.24) is 15.5 Å². The third kappa shape index (κ3) is 4.80. The number of nitrogens with zero attached hydrogens (tertiary/aromatic N) is 1. The van der Waals surface area contributed by atoms with Crippen LogP contribution in [0.5, 0.6) is 0 Å². The molecule has 0 radical (unpaired) electrons. The monoisotopic (exact) mass is 281 g/mol. The lowest BCUT2D eigenvalue weighted by Gasteiger charge is -2.29. The van der Waals surface area contributed by atoms with Gasteiger partial charge in [-0.2, -0.15) is 0 Å². The molecule has 5 heteroatoms. The fourth-order valence-electron chi connectivity index (χ4n) is 3.03. The molecule has 2 aliphatic rings. The lowest BCUT2D eigenvalue weighted by atomic mass is 10.1. The molecule has 20 heavy (non-hydrogen) atoms. The van der Waals surface area contributed by atoms with Crippen LogP contribution in [0.3, 0.4) is 0 Å². The van der Waals surface area contributed by atoms with E-state index in [1.54, 1.807) is 0 Å². The van der Waals surface area contributed by atoms with Crippen molar-refractivity contribution in [2.45, 2.75) is 44.7 Å². The van der Waals surface area contributed by atoms with Gasteiger partial charge in [-0.25, -0.2) is 4.79 Å². The zero-order chi connectivity index (χ0) is 14.4. The van der Waals surface area contributed by atoms with Crippen molar-refractivity contribution in [2.24, 2.45) is 5.92 Å². The van der Waals surface area contributed by atoms with E-state index >= 15 is 0 Å². The van der Waals surface area contributed by atoms with Gasteiger partial charge in [0.1, 0.15) is 0 Å². The summed E-state index contributed by atoms with van der Waals surface area (Å²) in [7, 11) is 0. The molecule has 3 atom stereocenters. The van der Waals surface area contributed by atoms with Crippen LogP contribution in [0.2, 0.25) is 0 Å². The summed E-state index contributed by atoms with van der Waals surface area (Å²) >= 11 is 0. The lowest BCUT2D eigenvalue weighted by molar-refractivity contribution is 0.201. The van der Waals surface area contributed by atoms with Gasteiger partial charge >= 0.3 is 6.03 Å². The molecule has 0 saturated carbocycles. The predicted octanol–water partition coefficient (Wildman–Crippen LogP) is 1.10. The standard InChI is InChI=1S/C15H27N3O2/c1-12(10-18-7-3-2-4-8-18)16-15(20)17-14-6-5-13(9-14)11-19/h5-6,12-14,19H,2-4,7-11H2,1H3,(H2,16,17,20)/t12?,13-,14+/m0/s1. The van der Waals surface area contributed by atoms with Crippen molar-refractivity contribution in [1.29, 1.82) is 0 Å². The van der Waals surface area contributed by atoms with Crippen molar-refractivity contribution in [3.8, 4) is 0 Å². The minimum atomic E-state index is -0.109. The van der Waals surface area contributed by atoms with Gasteiger partial charge in [-0.15, -0.1) is 0 Å². The van der Waals surface area contributed by atoms with Crippen molar-refractivity contribution < 1.29 is 9.90 Å². The van der Waals surface area contributed by atoms with Gasteiger partial charge in [0.05, 0.1) is 0 Å². The van der Waals surface area contributed by atoms with Crippen molar-refractivity contribution in [3.63, 3.8) is 0 Å². The SMILES string of the molecule is CC(CN1CCCCC1)NC(=O)N[C@@H]1C=C[C@H](CO)C1. The number of piperidine rings is 1. The van der Waals surface area contributed by atoms with Crippen LogP contribution >= 0.6 is 0 Å². The Morgan fingerprint density at radius 3 is 2.75 bits per heavy atom. The summed E-state index contributed by atoms with van der Waals surface area (Å²) in [4.78, 5) is 14.3. The summed E-state index contributed by atoms with van der Waals surface area (Å²) in [5, 5.41) is 15.0. The second kappa shape index (κ2) is 7.64. The summed E-state index contributed by atoms with van der Waals surface area (Å²) in [6, 6.07) is 0.101. The molecule has 2 rings (SSSR count). The van der Waals surface area contributed by atoms with E-state index < -0.39 is 0 Å². The first-order chi connectivity index (χ1) is 9.67. The molecule has 5 nitrogen and oxygen atoms in total. The Bertz CT molecular complexity index is 340. The molecular weight excluding hydrogens is 254 g/mol. The number of carbonyl (C=O) groups excluding carboxylic acids is 1. The minimum absolute atomic E-state index is 0.0503. The Balaban J connectivity index is 1.64. The molecular formula is C15H27N3O2. The largest absolute Gasteiger partial charge is 0.396 e. The molecule has 0 bridgehead atoms. The molecule has 1 fully saturated rings. The molecule has 1 aliphatic heterocycles. The molecule has 0 spiro atoms. The number of hydrogen-bond acceptors (Lipinski definition) is 3. The Kier molecular flexibility index (Phi) is 5.86. The minimum Gasteiger partial charge on any atom is -0.396 e. The summed E-state index contributed by atoms with van der Waals surface area (Å²) in [5.74, 6) is 0.186. The van der Waals surface area contributed by atoms with Crippen molar-refractivity contribution in [2.75, 3.05) is 26.2 Å².